The van der Waals surface area contributed by atoms with Gasteiger partial charge in [-0.15, -0.1) is 11.6 Å². The van der Waals surface area contributed by atoms with Crippen LogP contribution in [-0.2, 0) is 18.9 Å². The lowest BCUT2D eigenvalue weighted by molar-refractivity contribution is -0.168. The summed E-state index contributed by atoms with van der Waals surface area (Å²) in [6.45, 7) is 9.16. The van der Waals surface area contributed by atoms with Crippen LogP contribution >= 0.6 is 11.6 Å². The van der Waals surface area contributed by atoms with Crippen molar-refractivity contribution in [1.82, 2.24) is 0 Å². The van der Waals surface area contributed by atoms with Gasteiger partial charge < -0.3 is 18.9 Å². The number of alkyl halides is 1. The standard InChI is InChI=1S/C9H13ClO2.C9H12O2/c1-8(10)6-2-3-9(7(6)8)11-4-5-12-9;1-6-7-2-3-9(8(6)7)10-4-5-11-9/h6-7H,2-5H2,1H3;7-8H,1-5H2/t6-,7+,8-;7-,8+/m01/s1. The summed E-state index contributed by atoms with van der Waals surface area (Å²) in [5.41, 5.74) is 1.36. The minimum Gasteiger partial charge on any atom is -0.347 e. The Bertz CT molecular complexity index is 522. The highest BCUT2D eigenvalue weighted by Gasteiger charge is 2.74. The molecule has 0 aromatic carbocycles. The predicted molar refractivity (Wildman–Crippen MR) is 85.1 cm³/mol. The summed E-state index contributed by atoms with van der Waals surface area (Å²) in [6.07, 6.45) is 4.53. The van der Waals surface area contributed by atoms with E-state index >= 15 is 0 Å². The van der Waals surface area contributed by atoms with Crippen molar-refractivity contribution in [2.75, 3.05) is 26.4 Å². The Balaban J connectivity index is 0.000000106. The third-order valence-electron chi connectivity index (χ3n) is 6.90. The smallest absolute Gasteiger partial charge is 0.175 e. The summed E-state index contributed by atoms with van der Waals surface area (Å²) < 4.78 is 22.7. The molecule has 0 bridgehead atoms. The summed E-state index contributed by atoms with van der Waals surface area (Å²) in [5.74, 6) is 1.88. The van der Waals surface area contributed by atoms with Gasteiger partial charge in [0.25, 0.3) is 0 Å². The van der Waals surface area contributed by atoms with E-state index in [1.54, 1.807) is 0 Å². The van der Waals surface area contributed by atoms with Gasteiger partial charge in [0.1, 0.15) is 0 Å². The van der Waals surface area contributed by atoms with Gasteiger partial charge in [-0.25, -0.2) is 0 Å². The first-order valence-corrected chi connectivity index (χ1v) is 9.31. The second-order valence-corrected chi connectivity index (χ2v) is 8.80. The Morgan fingerprint density at radius 2 is 1.52 bits per heavy atom. The molecule has 2 saturated heterocycles. The van der Waals surface area contributed by atoms with E-state index in [2.05, 4.69) is 13.5 Å². The van der Waals surface area contributed by atoms with E-state index in [1.165, 1.54) is 18.4 Å². The first-order valence-electron chi connectivity index (χ1n) is 8.94. The van der Waals surface area contributed by atoms with Crippen LogP contribution < -0.4 is 0 Å². The van der Waals surface area contributed by atoms with Crippen molar-refractivity contribution in [2.45, 2.75) is 49.1 Å². The normalized spacial score (nSPS) is 49.9. The molecule has 4 saturated carbocycles. The molecule has 5 heteroatoms. The molecule has 23 heavy (non-hydrogen) atoms. The largest absolute Gasteiger partial charge is 0.347 e. The van der Waals surface area contributed by atoms with Crippen LogP contribution in [0.15, 0.2) is 12.2 Å². The number of ether oxygens (including phenoxy) is 4. The van der Waals surface area contributed by atoms with Gasteiger partial charge in [0.05, 0.1) is 31.3 Å². The molecule has 6 fully saturated rings. The topological polar surface area (TPSA) is 36.9 Å². The Labute approximate surface area is 142 Å². The molecule has 2 heterocycles. The van der Waals surface area contributed by atoms with E-state index in [-0.39, 0.29) is 16.4 Å². The van der Waals surface area contributed by atoms with Gasteiger partial charge in [-0.3, -0.25) is 0 Å². The zero-order valence-corrected chi connectivity index (χ0v) is 14.4. The molecule has 0 amide bonds. The third kappa shape index (κ3) is 1.99. The lowest BCUT2D eigenvalue weighted by Crippen LogP contribution is -2.33. The Morgan fingerprint density at radius 3 is 2.00 bits per heavy atom. The van der Waals surface area contributed by atoms with E-state index in [1.807, 2.05) is 0 Å². The van der Waals surface area contributed by atoms with Crippen LogP contribution in [0.25, 0.3) is 0 Å². The van der Waals surface area contributed by atoms with E-state index in [0.717, 1.165) is 45.2 Å². The zero-order chi connectivity index (χ0) is 15.9. The van der Waals surface area contributed by atoms with Crippen LogP contribution in [0.2, 0.25) is 0 Å². The highest BCUT2D eigenvalue weighted by atomic mass is 35.5. The van der Waals surface area contributed by atoms with Crippen molar-refractivity contribution in [3.05, 3.63) is 12.2 Å². The molecular weight excluding hydrogens is 316 g/mol. The number of fused-ring (bicyclic) bond motifs is 4. The van der Waals surface area contributed by atoms with E-state index in [9.17, 15) is 0 Å². The summed E-state index contributed by atoms with van der Waals surface area (Å²) in [7, 11) is 0. The first kappa shape index (κ1) is 15.2. The number of hydrogen-bond donors (Lipinski definition) is 0. The monoisotopic (exact) mass is 340 g/mol. The number of halogens is 1. The van der Waals surface area contributed by atoms with Gasteiger partial charge >= 0.3 is 0 Å². The van der Waals surface area contributed by atoms with Gasteiger partial charge in [0, 0.05) is 24.7 Å². The maximum Gasteiger partial charge on any atom is 0.175 e. The average molecular weight is 341 g/mol. The van der Waals surface area contributed by atoms with Crippen molar-refractivity contribution < 1.29 is 18.9 Å². The highest BCUT2D eigenvalue weighted by molar-refractivity contribution is 6.26. The predicted octanol–water partition coefficient (Wildman–Crippen LogP) is 3.09. The third-order valence-corrected chi connectivity index (χ3v) is 7.42. The molecule has 6 aliphatic rings. The highest BCUT2D eigenvalue weighted by Crippen LogP contribution is 2.70. The van der Waals surface area contributed by atoms with Crippen molar-refractivity contribution in [2.24, 2.45) is 23.7 Å². The fraction of sp³-hybridized carbons (Fsp3) is 0.889. The molecule has 0 unspecified atom stereocenters. The van der Waals surface area contributed by atoms with Crippen molar-refractivity contribution in [3.8, 4) is 0 Å². The van der Waals surface area contributed by atoms with Crippen LogP contribution in [0.3, 0.4) is 0 Å². The molecule has 128 valence electrons. The molecule has 2 spiro atoms. The Hall–Kier alpha value is -0.130. The molecule has 4 nitrogen and oxygen atoms in total. The lowest BCUT2D eigenvalue weighted by Gasteiger charge is -2.26. The molecule has 0 radical (unpaired) electrons. The zero-order valence-electron chi connectivity index (χ0n) is 13.7. The van der Waals surface area contributed by atoms with Crippen molar-refractivity contribution in [3.63, 3.8) is 0 Å². The molecule has 4 aliphatic carbocycles. The van der Waals surface area contributed by atoms with Gasteiger partial charge in [0.2, 0.25) is 0 Å². The second-order valence-electron chi connectivity index (χ2n) is 7.99. The van der Waals surface area contributed by atoms with Gasteiger partial charge in [-0.1, -0.05) is 12.2 Å². The SMILES string of the molecule is C=C1[C@H]2CCC3(OCCO3)[C@@H]12.C[C@]1(Cl)[C@H]2CCC3(OCCO3)[C@H]21. The van der Waals surface area contributed by atoms with Gasteiger partial charge in [-0.05, 0) is 31.6 Å². The first-order chi connectivity index (χ1) is 11.0. The fourth-order valence-corrected chi connectivity index (χ4v) is 6.17. The van der Waals surface area contributed by atoms with Crippen LogP contribution in [0.5, 0.6) is 0 Å². The number of hydrogen-bond acceptors (Lipinski definition) is 4. The molecule has 5 atom stereocenters. The summed E-state index contributed by atoms with van der Waals surface area (Å²) in [4.78, 5) is -0.0391. The van der Waals surface area contributed by atoms with Crippen LogP contribution in [0.4, 0.5) is 0 Å². The molecule has 0 N–H and O–H groups in total. The molecule has 0 aromatic heterocycles. The van der Waals surface area contributed by atoms with Crippen molar-refractivity contribution in [1.29, 1.82) is 0 Å². The summed E-state index contributed by atoms with van der Waals surface area (Å²) in [5, 5.41) is 0. The average Bonchev–Trinajstić information content (AvgIpc) is 3.11. The van der Waals surface area contributed by atoms with Gasteiger partial charge in [-0.2, -0.15) is 0 Å². The lowest BCUT2D eigenvalue weighted by atomic mass is 10.1. The molecule has 6 rings (SSSR count). The summed E-state index contributed by atoms with van der Waals surface area (Å²) >= 11 is 6.32. The quantitative estimate of drug-likeness (QED) is 0.501. The molecule has 0 aromatic rings. The fourth-order valence-electron chi connectivity index (χ4n) is 5.68. The van der Waals surface area contributed by atoms with Crippen molar-refractivity contribution >= 4 is 11.6 Å². The van der Waals surface area contributed by atoms with Crippen LogP contribution in [0.1, 0.15) is 32.6 Å². The molecular formula is C18H25ClO4. The molecule has 2 aliphatic heterocycles. The van der Waals surface area contributed by atoms with Crippen LogP contribution in [0, 0.1) is 23.7 Å². The Morgan fingerprint density at radius 1 is 0.957 bits per heavy atom. The maximum absolute atomic E-state index is 6.32. The van der Waals surface area contributed by atoms with Crippen LogP contribution in [-0.4, -0.2) is 42.9 Å². The maximum atomic E-state index is 6.32. The van der Waals surface area contributed by atoms with E-state index in [0.29, 0.717) is 17.8 Å². The van der Waals surface area contributed by atoms with E-state index in [4.69, 9.17) is 30.5 Å². The number of rotatable bonds is 0. The minimum absolute atomic E-state index is 0.0391. The van der Waals surface area contributed by atoms with E-state index < -0.39 is 0 Å². The van der Waals surface area contributed by atoms with Gasteiger partial charge in [0.15, 0.2) is 11.6 Å². The second kappa shape index (κ2) is 4.73. The minimum atomic E-state index is -0.277. The summed E-state index contributed by atoms with van der Waals surface area (Å²) in [6, 6.07) is 0. The Kier molecular flexibility index (Phi) is 3.12.